The van der Waals surface area contributed by atoms with Crippen LogP contribution in [0, 0.1) is 0 Å². The van der Waals surface area contributed by atoms with Gasteiger partial charge in [0.05, 0.1) is 11.9 Å². The van der Waals surface area contributed by atoms with Gasteiger partial charge in [-0.15, -0.1) is 11.3 Å². The van der Waals surface area contributed by atoms with Crippen LogP contribution in [0.15, 0.2) is 63.8 Å². The van der Waals surface area contributed by atoms with Crippen molar-refractivity contribution in [2.75, 3.05) is 0 Å². The van der Waals surface area contributed by atoms with Crippen molar-refractivity contribution in [3.05, 3.63) is 80.6 Å². The van der Waals surface area contributed by atoms with Crippen molar-refractivity contribution in [1.29, 1.82) is 0 Å². The number of aromatic amines is 1. The molecule has 6 nitrogen and oxygen atoms in total. The molecular formula is C17H12N4O2S. The molecule has 24 heavy (non-hydrogen) atoms. The van der Waals surface area contributed by atoms with Gasteiger partial charge in [-0.3, -0.25) is 14.3 Å². The topological polar surface area (TPSA) is 80.6 Å². The van der Waals surface area contributed by atoms with Crippen molar-refractivity contribution in [2.24, 2.45) is 0 Å². The molecule has 3 aromatic heterocycles. The van der Waals surface area contributed by atoms with Gasteiger partial charge in [-0.25, -0.2) is 14.8 Å². The molecule has 0 fully saturated rings. The largest absolute Gasteiger partial charge is 0.329 e. The van der Waals surface area contributed by atoms with E-state index in [1.807, 2.05) is 29.6 Å². The van der Waals surface area contributed by atoms with Crippen molar-refractivity contribution in [1.82, 2.24) is 19.5 Å². The number of nitrogens with one attached hydrogen (secondary N) is 1. The lowest BCUT2D eigenvalue weighted by Gasteiger charge is -2.07. The van der Waals surface area contributed by atoms with Crippen molar-refractivity contribution < 1.29 is 0 Å². The van der Waals surface area contributed by atoms with Crippen molar-refractivity contribution in [2.45, 2.75) is 6.54 Å². The second-order valence-corrected chi connectivity index (χ2v) is 6.15. The van der Waals surface area contributed by atoms with Crippen LogP contribution in [0.25, 0.3) is 21.6 Å². The van der Waals surface area contributed by atoms with Gasteiger partial charge in [-0.2, -0.15) is 0 Å². The van der Waals surface area contributed by atoms with Gasteiger partial charge in [-0.05, 0) is 23.1 Å². The molecule has 0 atom stereocenters. The standard InChI is InChI=1S/C17H12N4O2S/c22-15-13-6-9-24-16(13)21(17(23)20-15)10-11-2-4-12(5-3-11)14-18-7-1-8-19-14/h1-9H,10H2,(H,20,22,23). The van der Waals surface area contributed by atoms with E-state index in [2.05, 4.69) is 15.0 Å². The molecule has 118 valence electrons. The first-order valence-electron chi connectivity index (χ1n) is 7.29. The van der Waals surface area contributed by atoms with Gasteiger partial charge in [0, 0.05) is 18.0 Å². The molecule has 0 saturated carbocycles. The Hall–Kier alpha value is -3.06. The van der Waals surface area contributed by atoms with Gasteiger partial charge in [0.15, 0.2) is 5.82 Å². The fourth-order valence-electron chi connectivity index (χ4n) is 2.54. The molecule has 0 bridgehead atoms. The monoisotopic (exact) mass is 336 g/mol. The minimum absolute atomic E-state index is 0.343. The van der Waals surface area contributed by atoms with Crippen molar-refractivity contribution >= 4 is 21.6 Å². The molecule has 0 aliphatic heterocycles. The molecular weight excluding hydrogens is 324 g/mol. The van der Waals surface area contributed by atoms with Gasteiger partial charge in [0.25, 0.3) is 5.56 Å². The van der Waals surface area contributed by atoms with Gasteiger partial charge in [0.2, 0.25) is 0 Å². The Balaban J connectivity index is 1.71. The molecule has 0 unspecified atom stereocenters. The Morgan fingerprint density at radius 1 is 1.04 bits per heavy atom. The predicted molar refractivity (Wildman–Crippen MR) is 93.3 cm³/mol. The number of rotatable bonds is 3. The first-order chi connectivity index (χ1) is 11.7. The average Bonchev–Trinajstić information content (AvgIpc) is 3.10. The van der Waals surface area contributed by atoms with E-state index in [4.69, 9.17) is 0 Å². The smallest absolute Gasteiger partial charge is 0.280 e. The summed E-state index contributed by atoms with van der Waals surface area (Å²) in [6.07, 6.45) is 3.40. The van der Waals surface area contributed by atoms with E-state index >= 15 is 0 Å². The molecule has 3 heterocycles. The second kappa shape index (κ2) is 5.86. The predicted octanol–water partition coefficient (Wildman–Crippen LogP) is 2.26. The quantitative estimate of drug-likeness (QED) is 0.622. The lowest BCUT2D eigenvalue weighted by molar-refractivity contribution is 0.762. The first kappa shape index (κ1) is 14.5. The van der Waals surface area contributed by atoms with Crippen LogP contribution >= 0.6 is 11.3 Å². The second-order valence-electron chi connectivity index (χ2n) is 5.25. The van der Waals surface area contributed by atoms with E-state index in [0.717, 1.165) is 11.1 Å². The Morgan fingerprint density at radius 3 is 2.54 bits per heavy atom. The highest BCUT2D eigenvalue weighted by Gasteiger charge is 2.09. The van der Waals surface area contributed by atoms with Crippen LogP contribution in [-0.2, 0) is 6.54 Å². The van der Waals surface area contributed by atoms with Crippen LogP contribution in [-0.4, -0.2) is 19.5 Å². The lowest BCUT2D eigenvalue weighted by Crippen LogP contribution is -2.29. The summed E-state index contributed by atoms with van der Waals surface area (Å²) >= 11 is 1.38. The van der Waals surface area contributed by atoms with Gasteiger partial charge in [-0.1, -0.05) is 24.3 Å². The average molecular weight is 336 g/mol. The highest BCUT2D eigenvalue weighted by atomic mass is 32.1. The van der Waals surface area contributed by atoms with Crippen LogP contribution in [0.4, 0.5) is 0 Å². The Kier molecular flexibility index (Phi) is 3.55. The van der Waals surface area contributed by atoms with Gasteiger partial charge < -0.3 is 0 Å². The maximum atomic E-state index is 12.1. The molecule has 4 aromatic rings. The molecule has 7 heteroatoms. The Bertz CT molecular complexity index is 1110. The number of H-pyrrole nitrogens is 1. The van der Waals surface area contributed by atoms with Crippen molar-refractivity contribution in [3.63, 3.8) is 0 Å². The SMILES string of the molecule is O=c1[nH]c(=O)n(Cc2ccc(-c3ncccn3)cc2)c2sccc12. The molecule has 0 amide bonds. The van der Waals surface area contributed by atoms with E-state index in [1.165, 1.54) is 11.3 Å². The summed E-state index contributed by atoms with van der Waals surface area (Å²) in [5.74, 6) is 0.658. The highest BCUT2D eigenvalue weighted by molar-refractivity contribution is 7.16. The summed E-state index contributed by atoms with van der Waals surface area (Å²) < 4.78 is 1.58. The number of hydrogen-bond donors (Lipinski definition) is 1. The third-order valence-corrected chi connectivity index (χ3v) is 4.65. The molecule has 0 radical (unpaired) electrons. The maximum absolute atomic E-state index is 12.1. The summed E-state index contributed by atoms with van der Waals surface area (Å²) in [6.45, 7) is 0.391. The Morgan fingerprint density at radius 2 is 1.79 bits per heavy atom. The first-order valence-corrected chi connectivity index (χ1v) is 8.17. The third-order valence-electron chi connectivity index (χ3n) is 3.72. The van der Waals surface area contributed by atoms with E-state index in [-0.39, 0.29) is 5.56 Å². The van der Waals surface area contributed by atoms with Crippen LogP contribution in [0.5, 0.6) is 0 Å². The fraction of sp³-hybridized carbons (Fsp3) is 0.0588. The summed E-state index contributed by atoms with van der Waals surface area (Å²) in [6, 6.07) is 11.2. The molecule has 0 aliphatic rings. The van der Waals surface area contributed by atoms with Gasteiger partial charge in [0.1, 0.15) is 4.83 Å². The minimum atomic E-state index is -0.398. The summed E-state index contributed by atoms with van der Waals surface area (Å²) in [5.41, 5.74) is 1.13. The van der Waals surface area contributed by atoms with Crippen LogP contribution < -0.4 is 11.2 Å². The molecule has 0 saturated heterocycles. The molecule has 1 aromatic carbocycles. The number of aromatic nitrogens is 4. The van der Waals surface area contributed by atoms with E-state index in [0.29, 0.717) is 22.6 Å². The molecule has 0 spiro atoms. The highest BCUT2D eigenvalue weighted by Crippen LogP contribution is 2.18. The summed E-state index contributed by atoms with van der Waals surface area (Å²) in [5, 5.41) is 2.35. The zero-order valence-electron chi connectivity index (χ0n) is 12.5. The van der Waals surface area contributed by atoms with Crippen LogP contribution in [0.1, 0.15) is 5.56 Å². The number of fused-ring (bicyclic) bond motifs is 1. The molecule has 0 aliphatic carbocycles. The normalized spacial score (nSPS) is 11.0. The maximum Gasteiger partial charge on any atom is 0.329 e. The number of thiophene rings is 1. The van der Waals surface area contributed by atoms with E-state index in [9.17, 15) is 9.59 Å². The van der Waals surface area contributed by atoms with E-state index in [1.54, 1.807) is 29.1 Å². The zero-order valence-corrected chi connectivity index (χ0v) is 13.3. The molecule has 1 N–H and O–H groups in total. The zero-order chi connectivity index (χ0) is 16.5. The third kappa shape index (κ3) is 2.55. The number of hydrogen-bond acceptors (Lipinski definition) is 5. The number of benzene rings is 1. The minimum Gasteiger partial charge on any atom is -0.280 e. The van der Waals surface area contributed by atoms with Crippen LogP contribution in [0.2, 0.25) is 0 Å². The fourth-order valence-corrected chi connectivity index (χ4v) is 3.44. The summed E-state index contributed by atoms with van der Waals surface area (Å²) in [4.78, 5) is 35.4. The molecule has 4 rings (SSSR count). The Labute approximate surface area is 140 Å². The van der Waals surface area contributed by atoms with Crippen molar-refractivity contribution in [3.8, 4) is 11.4 Å². The lowest BCUT2D eigenvalue weighted by atomic mass is 10.1. The van der Waals surface area contributed by atoms with Gasteiger partial charge >= 0.3 is 5.69 Å². The van der Waals surface area contributed by atoms with E-state index < -0.39 is 5.69 Å². The number of nitrogens with zero attached hydrogens (tertiary/aromatic N) is 3. The summed E-state index contributed by atoms with van der Waals surface area (Å²) in [7, 11) is 0. The van der Waals surface area contributed by atoms with Crippen LogP contribution in [0.3, 0.4) is 0 Å².